The molecule has 2 aliphatic rings. The second kappa shape index (κ2) is 6.40. The first kappa shape index (κ1) is 13.6. The third-order valence-corrected chi connectivity index (χ3v) is 4.55. The van der Waals surface area contributed by atoms with Gasteiger partial charge in [0, 0.05) is 18.2 Å². The summed E-state index contributed by atoms with van der Waals surface area (Å²) in [5, 5.41) is 6.57. The zero-order chi connectivity index (χ0) is 13.8. The largest absolute Gasteiger partial charge is 0.326 e. The standard InChI is InChI=1S/C17H24N2O/c20-17(11-10-14-7-4-12-18-14)19-16-9-3-6-13-5-1-2-8-15(13)16/h3,6,9,14,18H,1-2,4-5,7-8,10-12H2,(H,19,20). The van der Waals surface area contributed by atoms with E-state index in [4.69, 9.17) is 0 Å². The Bertz CT molecular complexity index is 478. The van der Waals surface area contributed by atoms with Crippen LogP contribution >= 0.6 is 0 Å². The molecule has 1 saturated heterocycles. The molecule has 1 atom stereocenters. The highest BCUT2D eigenvalue weighted by molar-refractivity contribution is 5.91. The van der Waals surface area contributed by atoms with Gasteiger partial charge in [0.05, 0.1) is 0 Å². The summed E-state index contributed by atoms with van der Waals surface area (Å²) in [7, 11) is 0. The van der Waals surface area contributed by atoms with Crippen molar-refractivity contribution in [1.29, 1.82) is 0 Å². The molecule has 0 aromatic heterocycles. The normalized spacial score (nSPS) is 21.5. The van der Waals surface area contributed by atoms with E-state index in [9.17, 15) is 4.79 Å². The van der Waals surface area contributed by atoms with Crippen LogP contribution < -0.4 is 10.6 Å². The van der Waals surface area contributed by atoms with E-state index in [1.54, 1.807) is 0 Å². The summed E-state index contributed by atoms with van der Waals surface area (Å²) in [5.41, 5.74) is 3.84. The fourth-order valence-electron chi connectivity index (χ4n) is 3.42. The summed E-state index contributed by atoms with van der Waals surface area (Å²) in [6.07, 6.45) is 8.83. The number of hydrogen-bond acceptors (Lipinski definition) is 2. The lowest BCUT2D eigenvalue weighted by Crippen LogP contribution is -2.24. The van der Waals surface area contributed by atoms with Crippen LogP contribution in [0.25, 0.3) is 0 Å². The first-order valence-electron chi connectivity index (χ1n) is 7.97. The van der Waals surface area contributed by atoms with E-state index in [2.05, 4.69) is 28.8 Å². The van der Waals surface area contributed by atoms with Gasteiger partial charge >= 0.3 is 0 Å². The molecule has 20 heavy (non-hydrogen) atoms. The molecule has 1 aromatic rings. The molecule has 108 valence electrons. The number of carbonyl (C=O) groups excluding carboxylic acids is 1. The van der Waals surface area contributed by atoms with E-state index < -0.39 is 0 Å². The van der Waals surface area contributed by atoms with Gasteiger partial charge in [-0.15, -0.1) is 0 Å². The average molecular weight is 272 g/mol. The number of amides is 1. The number of aryl methyl sites for hydroxylation is 1. The lowest BCUT2D eigenvalue weighted by molar-refractivity contribution is -0.116. The van der Waals surface area contributed by atoms with E-state index in [-0.39, 0.29) is 5.91 Å². The van der Waals surface area contributed by atoms with Crippen molar-refractivity contribution in [2.75, 3.05) is 11.9 Å². The molecule has 3 heteroatoms. The van der Waals surface area contributed by atoms with Gasteiger partial charge in [0.2, 0.25) is 5.91 Å². The lowest BCUT2D eigenvalue weighted by Gasteiger charge is -2.19. The minimum atomic E-state index is 0.165. The number of benzene rings is 1. The van der Waals surface area contributed by atoms with Crippen LogP contribution in [0.15, 0.2) is 18.2 Å². The van der Waals surface area contributed by atoms with Crippen LogP contribution in [-0.2, 0) is 17.6 Å². The first-order chi connectivity index (χ1) is 9.83. The van der Waals surface area contributed by atoms with E-state index in [0.717, 1.165) is 31.5 Å². The summed E-state index contributed by atoms with van der Waals surface area (Å²) < 4.78 is 0. The van der Waals surface area contributed by atoms with Crippen LogP contribution in [0.1, 0.15) is 49.7 Å². The molecular weight excluding hydrogens is 248 g/mol. The molecule has 3 nitrogen and oxygen atoms in total. The molecule has 1 heterocycles. The lowest BCUT2D eigenvalue weighted by atomic mass is 9.90. The quantitative estimate of drug-likeness (QED) is 0.884. The monoisotopic (exact) mass is 272 g/mol. The number of anilines is 1. The van der Waals surface area contributed by atoms with Crippen molar-refractivity contribution in [2.24, 2.45) is 0 Å². The van der Waals surface area contributed by atoms with Crippen LogP contribution in [0.2, 0.25) is 0 Å². The molecule has 0 spiro atoms. The van der Waals surface area contributed by atoms with Gasteiger partial charge in [0.25, 0.3) is 0 Å². The van der Waals surface area contributed by atoms with E-state index in [1.165, 1.54) is 36.8 Å². The SMILES string of the molecule is O=C(CCC1CCCN1)Nc1cccc2c1CCCC2. The molecule has 1 amide bonds. The van der Waals surface area contributed by atoms with Gasteiger partial charge < -0.3 is 10.6 Å². The smallest absolute Gasteiger partial charge is 0.224 e. The molecule has 0 bridgehead atoms. The molecule has 1 aliphatic heterocycles. The number of nitrogens with one attached hydrogen (secondary N) is 2. The van der Waals surface area contributed by atoms with Gasteiger partial charge in [0.15, 0.2) is 0 Å². The van der Waals surface area contributed by atoms with Crippen molar-refractivity contribution >= 4 is 11.6 Å². The fourth-order valence-corrected chi connectivity index (χ4v) is 3.42. The van der Waals surface area contributed by atoms with Crippen molar-refractivity contribution < 1.29 is 4.79 Å². The number of hydrogen-bond donors (Lipinski definition) is 2. The highest BCUT2D eigenvalue weighted by Crippen LogP contribution is 2.28. The van der Waals surface area contributed by atoms with Crippen molar-refractivity contribution in [3.8, 4) is 0 Å². The highest BCUT2D eigenvalue weighted by atomic mass is 16.1. The molecule has 0 saturated carbocycles. The van der Waals surface area contributed by atoms with Crippen LogP contribution in [0, 0.1) is 0 Å². The minimum absolute atomic E-state index is 0.165. The topological polar surface area (TPSA) is 41.1 Å². The van der Waals surface area contributed by atoms with E-state index in [0.29, 0.717) is 12.5 Å². The van der Waals surface area contributed by atoms with Crippen LogP contribution in [-0.4, -0.2) is 18.5 Å². The van der Waals surface area contributed by atoms with Crippen molar-refractivity contribution in [3.63, 3.8) is 0 Å². The summed E-state index contributed by atoms with van der Waals surface area (Å²) in [4.78, 5) is 12.1. The maximum absolute atomic E-state index is 12.1. The van der Waals surface area contributed by atoms with Crippen molar-refractivity contribution in [1.82, 2.24) is 5.32 Å². The van der Waals surface area contributed by atoms with Crippen molar-refractivity contribution in [2.45, 2.75) is 57.4 Å². The molecule has 1 aromatic carbocycles. The molecule has 1 aliphatic carbocycles. The fraction of sp³-hybridized carbons (Fsp3) is 0.588. The Morgan fingerprint density at radius 2 is 2.15 bits per heavy atom. The number of rotatable bonds is 4. The summed E-state index contributed by atoms with van der Waals surface area (Å²) in [6, 6.07) is 6.87. The van der Waals surface area contributed by atoms with Gasteiger partial charge in [-0.2, -0.15) is 0 Å². The minimum Gasteiger partial charge on any atom is -0.326 e. The predicted molar refractivity (Wildman–Crippen MR) is 82.0 cm³/mol. The second-order valence-corrected chi connectivity index (χ2v) is 6.03. The molecule has 1 unspecified atom stereocenters. The predicted octanol–water partition coefficient (Wildman–Crippen LogP) is 3.04. The summed E-state index contributed by atoms with van der Waals surface area (Å²) in [5.74, 6) is 0.165. The Morgan fingerprint density at radius 1 is 1.25 bits per heavy atom. The van der Waals surface area contributed by atoms with Gasteiger partial charge in [0.1, 0.15) is 0 Å². The molecule has 2 N–H and O–H groups in total. The Labute approximate surface area is 121 Å². The number of carbonyl (C=O) groups is 1. The van der Waals surface area contributed by atoms with Crippen LogP contribution in [0.3, 0.4) is 0 Å². The van der Waals surface area contributed by atoms with E-state index >= 15 is 0 Å². The zero-order valence-electron chi connectivity index (χ0n) is 12.1. The Hall–Kier alpha value is -1.35. The van der Waals surface area contributed by atoms with Crippen LogP contribution in [0.4, 0.5) is 5.69 Å². The van der Waals surface area contributed by atoms with Crippen molar-refractivity contribution in [3.05, 3.63) is 29.3 Å². The van der Waals surface area contributed by atoms with Gasteiger partial charge in [-0.25, -0.2) is 0 Å². The maximum Gasteiger partial charge on any atom is 0.224 e. The van der Waals surface area contributed by atoms with Gasteiger partial charge in [-0.05, 0) is 68.7 Å². The maximum atomic E-state index is 12.1. The highest BCUT2D eigenvalue weighted by Gasteiger charge is 2.17. The number of fused-ring (bicyclic) bond motifs is 1. The zero-order valence-corrected chi connectivity index (χ0v) is 12.1. The average Bonchev–Trinajstić information content (AvgIpc) is 2.99. The second-order valence-electron chi connectivity index (χ2n) is 6.03. The Balaban J connectivity index is 1.58. The molecule has 3 rings (SSSR count). The van der Waals surface area contributed by atoms with E-state index in [1.807, 2.05) is 0 Å². The Morgan fingerprint density at radius 3 is 3.00 bits per heavy atom. The Kier molecular flexibility index (Phi) is 4.36. The molecule has 1 fully saturated rings. The van der Waals surface area contributed by atoms with Crippen LogP contribution in [0.5, 0.6) is 0 Å². The van der Waals surface area contributed by atoms with Gasteiger partial charge in [-0.3, -0.25) is 4.79 Å². The third kappa shape index (κ3) is 3.21. The first-order valence-corrected chi connectivity index (χ1v) is 7.97. The third-order valence-electron chi connectivity index (χ3n) is 4.55. The summed E-state index contributed by atoms with van der Waals surface area (Å²) in [6.45, 7) is 1.11. The molecule has 0 radical (unpaired) electrons. The summed E-state index contributed by atoms with van der Waals surface area (Å²) >= 11 is 0. The molecular formula is C17H24N2O. The van der Waals surface area contributed by atoms with Gasteiger partial charge in [-0.1, -0.05) is 12.1 Å².